The molecule has 1 amide bonds. The summed E-state index contributed by atoms with van der Waals surface area (Å²) in [5.41, 5.74) is 0.508. The van der Waals surface area contributed by atoms with E-state index in [0.29, 0.717) is 28.3 Å². The summed E-state index contributed by atoms with van der Waals surface area (Å²) in [7, 11) is 3.05. The molecule has 0 radical (unpaired) electrons. The second kappa shape index (κ2) is 6.49. The third kappa shape index (κ3) is 2.37. The third-order valence-corrected chi connectivity index (χ3v) is 5.76. The summed E-state index contributed by atoms with van der Waals surface area (Å²) in [4.78, 5) is 24.9. The number of nitrogens with one attached hydrogen (secondary N) is 2. The Morgan fingerprint density at radius 3 is 2.50 bits per heavy atom. The number of fused-ring (bicyclic) bond motifs is 2. The molecule has 1 saturated heterocycles. The summed E-state index contributed by atoms with van der Waals surface area (Å²) in [5, 5.41) is 18.3. The van der Waals surface area contributed by atoms with Crippen LogP contribution in [-0.4, -0.2) is 37.1 Å². The van der Waals surface area contributed by atoms with Crippen LogP contribution >= 0.6 is 0 Å². The highest BCUT2D eigenvalue weighted by Gasteiger charge is 2.67. The van der Waals surface area contributed by atoms with Gasteiger partial charge in [-0.25, -0.2) is 0 Å². The van der Waals surface area contributed by atoms with E-state index in [0.717, 1.165) is 0 Å². The molecule has 2 aromatic carbocycles. The topological polar surface area (TPSA) is 103 Å². The molecule has 2 heterocycles. The van der Waals surface area contributed by atoms with Crippen molar-refractivity contribution in [1.29, 1.82) is 0 Å². The van der Waals surface area contributed by atoms with Crippen LogP contribution in [-0.2, 0) is 10.3 Å². The maximum atomic E-state index is 13.0. The number of anilines is 1. The summed E-state index contributed by atoms with van der Waals surface area (Å²) >= 11 is 0. The van der Waals surface area contributed by atoms with Crippen LogP contribution in [0.3, 0.4) is 0 Å². The van der Waals surface area contributed by atoms with E-state index in [2.05, 4.69) is 10.6 Å². The maximum absolute atomic E-state index is 13.0. The van der Waals surface area contributed by atoms with Crippen LogP contribution in [0.2, 0.25) is 0 Å². The molecule has 146 valence electrons. The van der Waals surface area contributed by atoms with Gasteiger partial charge >= 0.3 is 0 Å². The van der Waals surface area contributed by atoms with Crippen molar-refractivity contribution in [2.75, 3.05) is 19.5 Å². The Morgan fingerprint density at radius 2 is 1.82 bits per heavy atom. The molecule has 2 aromatic rings. The Balaban J connectivity index is 1.87. The molecule has 4 atom stereocenters. The zero-order chi connectivity index (χ0) is 20.1. The molecule has 0 unspecified atom stereocenters. The minimum atomic E-state index is -1.42. The van der Waals surface area contributed by atoms with Gasteiger partial charge in [0.2, 0.25) is 0 Å². The number of benzene rings is 2. The van der Waals surface area contributed by atoms with Gasteiger partial charge in [-0.1, -0.05) is 24.3 Å². The number of ether oxygens (including phenoxy) is 2. The summed E-state index contributed by atoms with van der Waals surface area (Å²) < 4.78 is 10.6. The monoisotopic (exact) mass is 383 g/mol. The van der Waals surface area contributed by atoms with Gasteiger partial charge in [-0.3, -0.25) is 20.2 Å². The number of amides is 1. The Kier molecular flexibility index (Phi) is 4.23. The molecule has 28 heavy (non-hydrogen) atoms. The van der Waals surface area contributed by atoms with Crippen LogP contribution in [0.15, 0.2) is 42.5 Å². The Labute approximate surface area is 162 Å². The van der Waals surface area contributed by atoms with E-state index >= 15 is 0 Å². The van der Waals surface area contributed by atoms with E-state index in [1.54, 1.807) is 42.5 Å². The maximum Gasteiger partial charge on any atom is 0.256 e. The van der Waals surface area contributed by atoms with Crippen LogP contribution in [0.1, 0.15) is 24.0 Å². The van der Waals surface area contributed by atoms with E-state index in [-0.39, 0.29) is 11.0 Å². The van der Waals surface area contributed by atoms with Crippen LogP contribution < -0.4 is 20.1 Å². The second-order valence-corrected chi connectivity index (χ2v) is 7.11. The SMILES string of the molecule is COc1ccc([C@@H]2[C@H](C)N[C@]3(C(=O)Nc4ccccc43)[C@H]2[N+](=O)[O-])cc1OC. The van der Waals surface area contributed by atoms with Gasteiger partial charge in [-0.2, -0.15) is 0 Å². The molecule has 8 heteroatoms. The number of para-hydroxylation sites is 1. The lowest BCUT2D eigenvalue weighted by atomic mass is 9.78. The number of carbonyl (C=O) groups excluding carboxylic acids is 1. The molecule has 0 saturated carbocycles. The molecule has 0 bridgehead atoms. The van der Waals surface area contributed by atoms with Crippen LogP contribution in [0.5, 0.6) is 11.5 Å². The fraction of sp³-hybridized carbons (Fsp3) is 0.350. The Morgan fingerprint density at radius 1 is 1.11 bits per heavy atom. The number of nitrogens with zero attached hydrogens (tertiary/aromatic N) is 1. The van der Waals surface area contributed by atoms with Crippen molar-refractivity contribution in [2.24, 2.45) is 0 Å². The predicted octanol–water partition coefficient (Wildman–Crippen LogP) is 2.27. The van der Waals surface area contributed by atoms with Gasteiger partial charge in [0.1, 0.15) is 0 Å². The molecule has 1 fully saturated rings. The summed E-state index contributed by atoms with van der Waals surface area (Å²) in [6.45, 7) is 1.86. The predicted molar refractivity (Wildman–Crippen MR) is 102 cm³/mol. The quantitative estimate of drug-likeness (QED) is 0.620. The summed E-state index contributed by atoms with van der Waals surface area (Å²) in [6, 6.07) is 10.9. The lowest BCUT2D eigenvalue weighted by Gasteiger charge is -2.25. The van der Waals surface area contributed by atoms with E-state index in [1.165, 1.54) is 14.2 Å². The molecule has 1 spiro atoms. The number of methoxy groups -OCH3 is 2. The van der Waals surface area contributed by atoms with Crippen molar-refractivity contribution in [3.8, 4) is 11.5 Å². The van der Waals surface area contributed by atoms with Gasteiger partial charge in [-0.05, 0) is 30.7 Å². The van der Waals surface area contributed by atoms with E-state index in [1.807, 2.05) is 6.92 Å². The summed E-state index contributed by atoms with van der Waals surface area (Å²) in [5.74, 6) is 0.102. The van der Waals surface area contributed by atoms with Crippen LogP contribution in [0.25, 0.3) is 0 Å². The van der Waals surface area contributed by atoms with Gasteiger partial charge < -0.3 is 14.8 Å². The highest BCUT2D eigenvalue weighted by atomic mass is 16.6. The molecule has 0 aliphatic carbocycles. The smallest absolute Gasteiger partial charge is 0.256 e. The second-order valence-electron chi connectivity index (χ2n) is 7.11. The normalized spacial score (nSPS) is 28.1. The number of rotatable bonds is 4. The van der Waals surface area contributed by atoms with E-state index < -0.39 is 23.4 Å². The standard InChI is InChI=1S/C20H21N3O5/c1-11-17(12-8-9-15(27-2)16(10-12)28-3)18(23(25)26)20(22-11)13-6-4-5-7-14(13)21-19(20)24/h4-11,17-18,22H,1-3H3,(H,21,24)/t11-,17-,18-,20-/m0/s1. The minimum absolute atomic E-state index is 0.314. The molecular weight excluding hydrogens is 362 g/mol. The first-order valence-corrected chi connectivity index (χ1v) is 8.98. The van der Waals surface area contributed by atoms with Crippen molar-refractivity contribution in [1.82, 2.24) is 5.32 Å². The largest absolute Gasteiger partial charge is 0.493 e. The number of nitro groups is 1. The molecule has 0 aromatic heterocycles. The van der Waals surface area contributed by atoms with Crippen molar-refractivity contribution in [3.63, 3.8) is 0 Å². The Hall–Kier alpha value is -3.13. The highest BCUT2D eigenvalue weighted by Crippen LogP contribution is 2.50. The lowest BCUT2D eigenvalue weighted by molar-refractivity contribution is -0.532. The molecule has 2 aliphatic heterocycles. The summed E-state index contributed by atoms with van der Waals surface area (Å²) in [6.07, 6.45) is 0. The Bertz CT molecular complexity index is 963. The number of hydrogen-bond donors (Lipinski definition) is 2. The fourth-order valence-electron chi connectivity index (χ4n) is 4.61. The zero-order valence-electron chi connectivity index (χ0n) is 15.8. The highest BCUT2D eigenvalue weighted by molar-refractivity contribution is 6.07. The number of hydrogen-bond acceptors (Lipinski definition) is 6. The molecular formula is C20H21N3O5. The van der Waals surface area contributed by atoms with E-state index in [4.69, 9.17) is 9.47 Å². The van der Waals surface area contributed by atoms with Crippen molar-refractivity contribution in [3.05, 3.63) is 63.7 Å². The van der Waals surface area contributed by atoms with Gasteiger partial charge in [0.15, 0.2) is 17.0 Å². The average molecular weight is 383 g/mol. The van der Waals surface area contributed by atoms with Crippen molar-refractivity contribution < 1.29 is 19.2 Å². The molecule has 8 nitrogen and oxygen atoms in total. The first kappa shape index (κ1) is 18.2. The molecule has 2 N–H and O–H groups in total. The van der Waals surface area contributed by atoms with Gasteiger partial charge in [-0.15, -0.1) is 0 Å². The van der Waals surface area contributed by atoms with Crippen molar-refractivity contribution >= 4 is 11.6 Å². The number of carbonyl (C=O) groups is 1. The minimum Gasteiger partial charge on any atom is -0.493 e. The molecule has 4 rings (SSSR count). The third-order valence-electron chi connectivity index (χ3n) is 5.76. The zero-order valence-corrected chi connectivity index (χ0v) is 15.8. The first-order chi connectivity index (χ1) is 13.4. The van der Waals surface area contributed by atoms with Crippen molar-refractivity contribution in [2.45, 2.75) is 30.5 Å². The average Bonchev–Trinajstić information content (AvgIpc) is 3.16. The van der Waals surface area contributed by atoms with E-state index in [9.17, 15) is 14.9 Å². The van der Waals surface area contributed by atoms with Gasteiger partial charge in [0.25, 0.3) is 11.9 Å². The van der Waals surface area contributed by atoms with Gasteiger partial charge in [0.05, 0.1) is 20.1 Å². The van der Waals surface area contributed by atoms with Crippen LogP contribution in [0.4, 0.5) is 5.69 Å². The van der Waals surface area contributed by atoms with Gasteiger partial charge in [0, 0.05) is 22.2 Å². The van der Waals surface area contributed by atoms with Crippen LogP contribution in [0, 0.1) is 10.1 Å². The first-order valence-electron chi connectivity index (χ1n) is 8.98. The lowest BCUT2D eigenvalue weighted by Crippen LogP contribution is -2.54. The fourth-order valence-corrected chi connectivity index (χ4v) is 4.61. The molecule has 2 aliphatic rings.